The van der Waals surface area contributed by atoms with Gasteiger partial charge in [0.15, 0.2) is 0 Å². The molecule has 0 atom stereocenters. The SMILES string of the molecule is O=c1c2ccccc2nc(CCl)n1Cc1ccon1. The first-order chi connectivity index (χ1) is 9.29. The molecule has 0 bridgehead atoms. The van der Waals surface area contributed by atoms with Crippen molar-refractivity contribution in [2.75, 3.05) is 0 Å². The molecule has 0 amide bonds. The molecule has 19 heavy (non-hydrogen) atoms. The number of benzene rings is 1. The highest BCUT2D eigenvalue weighted by molar-refractivity contribution is 6.16. The average molecular weight is 276 g/mol. The Morgan fingerprint density at radius 3 is 2.84 bits per heavy atom. The third-order valence-electron chi connectivity index (χ3n) is 2.87. The van der Waals surface area contributed by atoms with Crippen molar-refractivity contribution in [1.82, 2.24) is 14.7 Å². The molecule has 0 saturated carbocycles. The van der Waals surface area contributed by atoms with Crippen LogP contribution in [-0.4, -0.2) is 14.7 Å². The van der Waals surface area contributed by atoms with Crippen molar-refractivity contribution in [3.8, 4) is 0 Å². The molecule has 2 heterocycles. The van der Waals surface area contributed by atoms with Gasteiger partial charge >= 0.3 is 0 Å². The van der Waals surface area contributed by atoms with Gasteiger partial charge in [-0.2, -0.15) is 0 Å². The zero-order chi connectivity index (χ0) is 13.2. The van der Waals surface area contributed by atoms with Crippen LogP contribution in [0.2, 0.25) is 0 Å². The first-order valence-corrected chi connectivity index (χ1v) is 6.26. The first-order valence-electron chi connectivity index (χ1n) is 5.73. The Morgan fingerprint density at radius 2 is 2.11 bits per heavy atom. The molecule has 0 N–H and O–H groups in total. The van der Waals surface area contributed by atoms with Crippen LogP contribution in [0.5, 0.6) is 0 Å². The van der Waals surface area contributed by atoms with Crippen LogP contribution in [0.4, 0.5) is 0 Å². The number of alkyl halides is 1. The summed E-state index contributed by atoms with van der Waals surface area (Å²) < 4.78 is 6.29. The lowest BCUT2D eigenvalue weighted by Crippen LogP contribution is -2.25. The molecule has 6 heteroatoms. The van der Waals surface area contributed by atoms with Gasteiger partial charge in [-0.25, -0.2) is 4.98 Å². The Labute approximate surface area is 113 Å². The van der Waals surface area contributed by atoms with Gasteiger partial charge in [-0.1, -0.05) is 17.3 Å². The van der Waals surface area contributed by atoms with Gasteiger partial charge in [0.2, 0.25) is 0 Å². The highest BCUT2D eigenvalue weighted by Gasteiger charge is 2.11. The molecule has 0 aliphatic rings. The topological polar surface area (TPSA) is 60.9 Å². The van der Waals surface area contributed by atoms with Crippen LogP contribution in [0.15, 0.2) is 45.9 Å². The predicted octanol–water partition coefficient (Wildman–Crippen LogP) is 2.17. The van der Waals surface area contributed by atoms with Crippen molar-refractivity contribution in [3.05, 3.63) is 58.5 Å². The molecule has 2 aromatic heterocycles. The smallest absolute Gasteiger partial charge is 0.261 e. The maximum absolute atomic E-state index is 12.4. The molecule has 0 unspecified atom stereocenters. The van der Waals surface area contributed by atoms with Crippen LogP contribution >= 0.6 is 11.6 Å². The van der Waals surface area contributed by atoms with E-state index >= 15 is 0 Å². The molecule has 0 radical (unpaired) electrons. The molecule has 0 spiro atoms. The summed E-state index contributed by atoms with van der Waals surface area (Å²) in [4.78, 5) is 16.8. The Bertz CT molecular complexity index is 765. The summed E-state index contributed by atoms with van der Waals surface area (Å²) in [5.74, 6) is 0.686. The van der Waals surface area contributed by atoms with Crippen molar-refractivity contribution in [2.24, 2.45) is 0 Å². The Morgan fingerprint density at radius 1 is 1.26 bits per heavy atom. The van der Waals surface area contributed by atoms with Crippen LogP contribution in [0.3, 0.4) is 0 Å². The maximum atomic E-state index is 12.4. The van der Waals surface area contributed by atoms with Gasteiger partial charge in [-0.05, 0) is 12.1 Å². The molecule has 0 aliphatic heterocycles. The summed E-state index contributed by atoms with van der Waals surface area (Å²) in [6, 6.07) is 8.91. The molecule has 3 aromatic rings. The lowest BCUT2D eigenvalue weighted by Gasteiger charge is -2.10. The summed E-state index contributed by atoms with van der Waals surface area (Å²) in [7, 11) is 0. The monoisotopic (exact) mass is 275 g/mol. The third kappa shape index (κ3) is 2.13. The number of halogens is 1. The third-order valence-corrected chi connectivity index (χ3v) is 3.11. The minimum absolute atomic E-state index is 0.121. The molecular formula is C13H10ClN3O2. The Kier molecular flexibility index (Phi) is 3.05. The van der Waals surface area contributed by atoms with Gasteiger partial charge in [0.1, 0.15) is 17.8 Å². The second-order valence-electron chi connectivity index (χ2n) is 4.06. The number of para-hydroxylation sites is 1. The van der Waals surface area contributed by atoms with Crippen LogP contribution in [0, 0.1) is 0 Å². The minimum Gasteiger partial charge on any atom is -0.364 e. The minimum atomic E-state index is -0.121. The fourth-order valence-electron chi connectivity index (χ4n) is 1.96. The lowest BCUT2D eigenvalue weighted by molar-refractivity contribution is 0.408. The number of fused-ring (bicyclic) bond motifs is 1. The first kappa shape index (κ1) is 11.9. The molecule has 5 nitrogen and oxygen atoms in total. The number of nitrogens with zero attached hydrogens (tertiary/aromatic N) is 3. The van der Waals surface area contributed by atoms with E-state index < -0.39 is 0 Å². The molecule has 0 fully saturated rings. The van der Waals surface area contributed by atoms with Crippen LogP contribution in [0.1, 0.15) is 11.5 Å². The summed E-state index contributed by atoms with van der Waals surface area (Å²) in [5.41, 5.74) is 1.19. The lowest BCUT2D eigenvalue weighted by atomic mass is 10.2. The van der Waals surface area contributed by atoms with Gasteiger partial charge in [0.25, 0.3) is 5.56 Å². The van der Waals surface area contributed by atoms with Gasteiger partial charge in [-0.15, -0.1) is 11.6 Å². The van der Waals surface area contributed by atoms with E-state index in [1.165, 1.54) is 10.8 Å². The second kappa shape index (κ2) is 4.85. The van der Waals surface area contributed by atoms with Crippen molar-refractivity contribution in [1.29, 1.82) is 0 Å². The Hall–Kier alpha value is -2.14. The molecule has 0 saturated heterocycles. The van der Waals surface area contributed by atoms with E-state index in [0.717, 1.165) is 0 Å². The van der Waals surface area contributed by atoms with Gasteiger partial charge in [-0.3, -0.25) is 9.36 Å². The Balaban J connectivity index is 2.21. The van der Waals surface area contributed by atoms with E-state index in [2.05, 4.69) is 10.1 Å². The molecule has 96 valence electrons. The number of hydrogen-bond acceptors (Lipinski definition) is 4. The quantitative estimate of drug-likeness (QED) is 0.687. The number of aromatic nitrogens is 3. The highest BCUT2D eigenvalue weighted by atomic mass is 35.5. The van der Waals surface area contributed by atoms with Gasteiger partial charge in [0.05, 0.1) is 23.3 Å². The molecular weight excluding hydrogens is 266 g/mol. The van der Waals surface area contributed by atoms with Crippen molar-refractivity contribution in [2.45, 2.75) is 12.4 Å². The van der Waals surface area contributed by atoms with E-state index in [4.69, 9.17) is 16.1 Å². The van der Waals surface area contributed by atoms with E-state index in [-0.39, 0.29) is 11.4 Å². The predicted molar refractivity (Wildman–Crippen MR) is 71.2 cm³/mol. The van der Waals surface area contributed by atoms with E-state index in [9.17, 15) is 4.79 Å². The molecule has 0 aliphatic carbocycles. The summed E-state index contributed by atoms with van der Waals surface area (Å²) in [6.45, 7) is 0.301. The molecule has 1 aromatic carbocycles. The van der Waals surface area contributed by atoms with Crippen LogP contribution in [0.25, 0.3) is 10.9 Å². The van der Waals surface area contributed by atoms with Gasteiger partial charge < -0.3 is 4.52 Å². The van der Waals surface area contributed by atoms with Crippen LogP contribution < -0.4 is 5.56 Å². The summed E-state index contributed by atoms with van der Waals surface area (Å²) in [6.07, 6.45) is 1.47. The van der Waals surface area contributed by atoms with Gasteiger partial charge in [0, 0.05) is 6.07 Å². The molecule has 3 rings (SSSR count). The normalized spacial score (nSPS) is 11.0. The standard InChI is InChI=1S/C13H10ClN3O2/c14-7-12-15-11-4-2-1-3-10(11)13(18)17(12)8-9-5-6-19-16-9/h1-6H,7-8H2. The zero-order valence-electron chi connectivity index (χ0n) is 9.91. The van der Waals surface area contributed by atoms with Crippen molar-refractivity contribution >= 4 is 22.5 Å². The fraction of sp³-hybridized carbons (Fsp3) is 0.154. The highest BCUT2D eigenvalue weighted by Crippen LogP contribution is 2.10. The van der Waals surface area contributed by atoms with E-state index in [1.807, 2.05) is 12.1 Å². The zero-order valence-corrected chi connectivity index (χ0v) is 10.7. The fourth-order valence-corrected chi connectivity index (χ4v) is 2.16. The second-order valence-corrected chi connectivity index (χ2v) is 4.33. The van der Waals surface area contributed by atoms with Crippen LogP contribution in [-0.2, 0) is 12.4 Å². The largest absolute Gasteiger partial charge is 0.364 e. The summed E-state index contributed by atoms with van der Waals surface area (Å²) >= 11 is 5.88. The van der Waals surface area contributed by atoms with Crippen molar-refractivity contribution < 1.29 is 4.52 Å². The summed E-state index contributed by atoms with van der Waals surface area (Å²) in [5, 5.41) is 4.37. The number of rotatable bonds is 3. The average Bonchev–Trinajstić information content (AvgIpc) is 2.95. The van der Waals surface area contributed by atoms with Crippen molar-refractivity contribution in [3.63, 3.8) is 0 Å². The van der Waals surface area contributed by atoms with E-state index in [1.54, 1.807) is 18.2 Å². The van der Waals surface area contributed by atoms with E-state index in [0.29, 0.717) is 29.0 Å². The number of hydrogen-bond donors (Lipinski definition) is 0. The maximum Gasteiger partial charge on any atom is 0.261 e.